The van der Waals surface area contributed by atoms with Crippen LogP contribution in [-0.2, 0) is 4.74 Å². The number of aliphatic imine (C=N–C) groups is 1. The lowest BCUT2D eigenvalue weighted by Gasteiger charge is -2.43. The molecule has 16 heavy (non-hydrogen) atoms. The quantitative estimate of drug-likeness (QED) is 0.690. The van der Waals surface area contributed by atoms with Crippen molar-refractivity contribution >= 4 is 11.6 Å². The topological polar surface area (TPSA) is 21.6 Å². The number of hydrogen-bond acceptors (Lipinski definition) is 2. The van der Waals surface area contributed by atoms with E-state index in [9.17, 15) is 0 Å². The molecular formula is C14H17NO. The molecule has 84 valence electrons. The van der Waals surface area contributed by atoms with Gasteiger partial charge in [0, 0.05) is 0 Å². The number of hydrogen-bond donors (Lipinski definition) is 0. The maximum Gasteiger partial charge on any atom is 0.199 e. The highest BCUT2D eigenvalue weighted by atomic mass is 16.5. The Morgan fingerprint density at radius 2 is 1.94 bits per heavy atom. The number of benzene rings is 1. The summed E-state index contributed by atoms with van der Waals surface area (Å²) in [5.41, 5.74) is 2.14. The molecule has 0 N–H and O–H groups in total. The molecule has 1 saturated heterocycles. The van der Waals surface area contributed by atoms with E-state index < -0.39 is 0 Å². The van der Waals surface area contributed by atoms with Crippen LogP contribution in [0.4, 0.5) is 5.69 Å². The summed E-state index contributed by atoms with van der Waals surface area (Å²) in [5.74, 6) is 0.793. The zero-order chi connectivity index (χ0) is 11.8. The van der Waals surface area contributed by atoms with Crippen molar-refractivity contribution < 1.29 is 4.74 Å². The Kier molecular flexibility index (Phi) is 2.58. The minimum absolute atomic E-state index is 0.0351. The van der Waals surface area contributed by atoms with Crippen LogP contribution in [0, 0.1) is 12.3 Å². The van der Waals surface area contributed by atoms with E-state index >= 15 is 0 Å². The highest BCUT2D eigenvalue weighted by molar-refractivity contribution is 5.90. The first kappa shape index (κ1) is 10.9. The molecule has 0 saturated carbocycles. The molecule has 1 atom stereocenters. The minimum atomic E-state index is -0.0351. The zero-order valence-electron chi connectivity index (χ0n) is 10.0. The van der Waals surface area contributed by atoms with Gasteiger partial charge in [-0.25, -0.2) is 4.99 Å². The van der Waals surface area contributed by atoms with E-state index in [0.717, 1.165) is 11.6 Å². The smallest absolute Gasteiger partial charge is 0.199 e. The first-order valence-electron chi connectivity index (χ1n) is 5.49. The molecule has 0 bridgehead atoms. The largest absolute Gasteiger partial charge is 0.472 e. The molecule has 0 amide bonds. The highest BCUT2D eigenvalue weighted by Crippen LogP contribution is 2.38. The molecule has 0 radical (unpaired) electrons. The number of rotatable bonds is 2. The van der Waals surface area contributed by atoms with Crippen LogP contribution in [0.3, 0.4) is 0 Å². The Morgan fingerprint density at radius 1 is 1.31 bits per heavy atom. The van der Waals surface area contributed by atoms with E-state index in [1.165, 1.54) is 5.56 Å². The maximum absolute atomic E-state index is 5.57. The Labute approximate surface area is 96.7 Å². The van der Waals surface area contributed by atoms with Gasteiger partial charge in [-0.2, -0.15) is 0 Å². The fraction of sp³-hybridized carbons (Fsp3) is 0.357. The van der Waals surface area contributed by atoms with Gasteiger partial charge in [-0.1, -0.05) is 30.4 Å². The molecule has 1 aliphatic rings. The normalized spacial score (nSPS) is 24.7. The number of aryl methyl sites for hydroxylation is 1. The molecular weight excluding hydrogens is 198 g/mol. The number of ether oxygens (including phenoxy) is 1. The van der Waals surface area contributed by atoms with E-state index in [-0.39, 0.29) is 11.5 Å². The summed E-state index contributed by atoms with van der Waals surface area (Å²) in [6.45, 7) is 10.1. The van der Waals surface area contributed by atoms with Crippen molar-refractivity contribution in [3.63, 3.8) is 0 Å². The molecule has 1 aromatic rings. The van der Waals surface area contributed by atoms with Gasteiger partial charge in [-0.05, 0) is 32.9 Å². The molecule has 1 aromatic carbocycles. The van der Waals surface area contributed by atoms with Crippen molar-refractivity contribution in [3.05, 3.63) is 42.5 Å². The molecule has 2 heteroatoms. The Morgan fingerprint density at radius 3 is 2.44 bits per heavy atom. The van der Waals surface area contributed by atoms with Gasteiger partial charge in [0.2, 0.25) is 0 Å². The third kappa shape index (κ3) is 1.75. The summed E-state index contributed by atoms with van der Waals surface area (Å²) in [4.78, 5) is 4.50. The van der Waals surface area contributed by atoms with Gasteiger partial charge >= 0.3 is 0 Å². The van der Waals surface area contributed by atoms with E-state index in [1.807, 2.05) is 18.2 Å². The lowest BCUT2D eigenvalue weighted by atomic mass is 9.81. The first-order chi connectivity index (χ1) is 7.54. The van der Waals surface area contributed by atoms with Gasteiger partial charge < -0.3 is 4.74 Å². The molecule has 1 heterocycles. The number of nitrogens with zero attached hydrogens (tertiary/aromatic N) is 1. The van der Waals surface area contributed by atoms with E-state index in [2.05, 4.69) is 44.5 Å². The van der Waals surface area contributed by atoms with Crippen molar-refractivity contribution in [1.29, 1.82) is 0 Å². The second kappa shape index (κ2) is 3.78. The van der Waals surface area contributed by atoms with Gasteiger partial charge in [-0.3, -0.25) is 0 Å². The van der Waals surface area contributed by atoms with Crippen molar-refractivity contribution in [1.82, 2.24) is 0 Å². The fourth-order valence-electron chi connectivity index (χ4n) is 1.73. The summed E-state index contributed by atoms with van der Waals surface area (Å²) < 4.78 is 5.57. The maximum atomic E-state index is 5.57. The third-order valence-corrected chi connectivity index (χ3v) is 2.98. The zero-order valence-corrected chi connectivity index (χ0v) is 10.0. The van der Waals surface area contributed by atoms with Crippen LogP contribution in [0.15, 0.2) is 41.9 Å². The molecule has 0 aliphatic carbocycles. The summed E-state index contributed by atoms with van der Waals surface area (Å²) in [6, 6.07) is 8.11. The van der Waals surface area contributed by atoms with Crippen LogP contribution in [-0.4, -0.2) is 12.0 Å². The van der Waals surface area contributed by atoms with Crippen LogP contribution in [0.5, 0.6) is 0 Å². The van der Waals surface area contributed by atoms with Crippen molar-refractivity contribution in [3.8, 4) is 0 Å². The molecule has 0 spiro atoms. The monoisotopic (exact) mass is 215 g/mol. The summed E-state index contributed by atoms with van der Waals surface area (Å²) in [5, 5.41) is 0. The molecule has 1 aliphatic heterocycles. The lowest BCUT2D eigenvalue weighted by molar-refractivity contribution is 0.0404. The summed E-state index contributed by atoms with van der Waals surface area (Å²) >= 11 is 0. The molecule has 1 fully saturated rings. The van der Waals surface area contributed by atoms with Crippen LogP contribution in [0.1, 0.15) is 19.4 Å². The van der Waals surface area contributed by atoms with Gasteiger partial charge in [0.1, 0.15) is 6.10 Å². The molecule has 1 unspecified atom stereocenters. The van der Waals surface area contributed by atoms with Crippen LogP contribution in [0.25, 0.3) is 0 Å². The summed E-state index contributed by atoms with van der Waals surface area (Å²) in [7, 11) is 0. The van der Waals surface area contributed by atoms with E-state index in [0.29, 0.717) is 0 Å². The second-order valence-electron chi connectivity index (χ2n) is 4.75. The average molecular weight is 215 g/mol. The standard InChI is InChI=1S/C14H17NO/c1-5-12-14(3,4)13(16-12)15-11-8-6-10(2)7-9-11/h5-9,12H,1H2,2-4H3. The summed E-state index contributed by atoms with van der Waals surface area (Å²) in [6.07, 6.45) is 1.91. The van der Waals surface area contributed by atoms with Crippen molar-refractivity contribution in [2.45, 2.75) is 26.9 Å². The van der Waals surface area contributed by atoms with Gasteiger partial charge in [0.05, 0.1) is 11.1 Å². The average Bonchev–Trinajstić information content (AvgIpc) is 2.26. The first-order valence-corrected chi connectivity index (χ1v) is 5.49. The minimum Gasteiger partial charge on any atom is -0.472 e. The predicted octanol–water partition coefficient (Wildman–Crippen LogP) is 3.64. The van der Waals surface area contributed by atoms with Gasteiger partial charge in [-0.15, -0.1) is 0 Å². The van der Waals surface area contributed by atoms with Crippen LogP contribution < -0.4 is 0 Å². The highest BCUT2D eigenvalue weighted by Gasteiger charge is 2.46. The molecule has 2 rings (SSSR count). The van der Waals surface area contributed by atoms with E-state index in [4.69, 9.17) is 4.74 Å². The molecule has 0 aromatic heterocycles. The second-order valence-corrected chi connectivity index (χ2v) is 4.75. The van der Waals surface area contributed by atoms with Crippen molar-refractivity contribution in [2.24, 2.45) is 10.4 Å². The SMILES string of the molecule is C=CC1OC(=Nc2ccc(C)cc2)C1(C)C. The predicted molar refractivity (Wildman–Crippen MR) is 67.1 cm³/mol. The Bertz CT molecular complexity index is 429. The van der Waals surface area contributed by atoms with Crippen LogP contribution in [0.2, 0.25) is 0 Å². The lowest BCUT2D eigenvalue weighted by Crippen LogP contribution is -2.51. The fourth-order valence-corrected chi connectivity index (χ4v) is 1.73. The molecule has 2 nitrogen and oxygen atoms in total. The van der Waals surface area contributed by atoms with Gasteiger partial charge in [0.15, 0.2) is 5.90 Å². The van der Waals surface area contributed by atoms with E-state index in [1.54, 1.807) is 0 Å². The Hall–Kier alpha value is -1.57. The third-order valence-electron chi connectivity index (χ3n) is 2.98. The van der Waals surface area contributed by atoms with Gasteiger partial charge in [0.25, 0.3) is 0 Å². The van der Waals surface area contributed by atoms with Crippen LogP contribution >= 0.6 is 0 Å². The Balaban J connectivity index is 2.21. The van der Waals surface area contributed by atoms with Crippen molar-refractivity contribution in [2.75, 3.05) is 0 Å².